The fourth-order valence-corrected chi connectivity index (χ4v) is 2.22. The summed E-state index contributed by atoms with van der Waals surface area (Å²) < 4.78 is 3.47. The van der Waals surface area contributed by atoms with Crippen molar-refractivity contribution in [3.63, 3.8) is 0 Å². The second-order valence-corrected chi connectivity index (χ2v) is 4.85. The van der Waals surface area contributed by atoms with E-state index in [1.54, 1.807) is 0 Å². The van der Waals surface area contributed by atoms with Crippen LogP contribution in [0.2, 0.25) is 0 Å². The van der Waals surface area contributed by atoms with Gasteiger partial charge in [0.2, 0.25) is 0 Å². The molecule has 1 aromatic rings. The van der Waals surface area contributed by atoms with Crippen LogP contribution in [-0.4, -0.2) is 26.7 Å². The first kappa shape index (κ1) is 13.7. The van der Waals surface area contributed by atoms with Gasteiger partial charge in [0.05, 0.1) is 0 Å². The van der Waals surface area contributed by atoms with Crippen molar-refractivity contribution in [1.82, 2.24) is 9.55 Å². The number of carboxylic acids is 1. The van der Waals surface area contributed by atoms with E-state index < -0.39 is 12.0 Å². The summed E-state index contributed by atoms with van der Waals surface area (Å²) in [5.41, 5.74) is 5.45. The van der Waals surface area contributed by atoms with E-state index >= 15 is 0 Å². The van der Waals surface area contributed by atoms with Gasteiger partial charge in [0.25, 0.3) is 0 Å². The highest BCUT2D eigenvalue weighted by atomic mass is 79.9. The van der Waals surface area contributed by atoms with Crippen LogP contribution in [-0.2, 0) is 17.8 Å². The molecule has 0 aliphatic carbocycles. The predicted octanol–water partition coefficient (Wildman–Crippen LogP) is 1.77. The number of rotatable bonds is 5. The normalized spacial score (nSPS) is 12.8. The molecule has 90 valence electrons. The van der Waals surface area contributed by atoms with Crippen LogP contribution in [0, 0.1) is 0 Å². The number of aliphatic carboxylic acids is 1. The van der Waals surface area contributed by atoms with E-state index in [1.807, 2.05) is 11.5 Å². The van der Waals surface area contributed by atoms with E-state index in [4.69, 9.17) is 10.8 Å². The van der Waals surface area contributed by atoms with Crippen molar-refractivity contribution < 1.29 is 9.90 Å². The molecule has 0 amide bonds. The number of hydrogen-bond acceptors (Lipinski definition) is 3. The third-order valence-electron chi connectivity index (χ3n) is 2.24. The topological polar surface area (TPSA) is 81.1 Å². The van der Waals surface area contributed by atoms with Crippen molar-refractivity contribution in [3.8, 4) is 0 Å². The molecular formula is C9H13Br2N3O2. The van der Waals surface area contributed by atoms with Crippen molar-refractivity contribution in [2.45, 2.75) is 32.4 Å². The Morgan fingerprint density at radius 2 is 2.25 bits per heavy atom. The molecule has 0 bridgehead atoms. The van der Waals surface area contributed by atoms with Gasteiger partial charge in [-0.15, -0.1) is 0 Å². The second kappa shape index (κ2) is 5.79. The third-order valence-corrected chi connectivity index (χ3v) is 4.13. The molecule has 7 heteroatoms. The van der Waals surface area contributed by atoms with E-state index in [0.717, 1.165) is 21.5 Å². The Bertz CT molecular complexity index is 392. The van der Waals surface area contributed by atoms with Crippen molar-refractivity contribution >= 4 is 37.8 Å². The maximum Gasteiger partial charge on any atom is 0.320 e. The van der Waals surface area contributed by atoms with Crippen molar-refractivity contribution in [3.05, 3.63) is 15.0 Å². The van der Waals surface area contributed by atoms with Crippen LogP contribution in [0.25, 0.3) is 0 Å². The molecule has 0 saturated heterocycles. The van der Waals surface area contributed by atoms with E-state index in [2.05, 4.69) is 36.8 Å². The monoisotopic (exact) mass is 353 g/mol. The molecule has 1 rings (SSSR count). The van der Waals surface area contributed by atoms with Gasteiger partial charge in [0.15, 0.2) is 0 Å². The Morgan fingerprint density at radius 1 is 1.62 bits per heavy atom. The van der Waals surface area contributed by atoms with Gasteiger partial charge in [-0.1, -0.05) is 6.92 Å². The zero-order valence-corrected chi connectivity index (χ0v) is 12.0. The molecule has 0 spiro atoms. The minimum absolute atomic E-state index is 0.379. The molecule has 0 aromatic carbocycles. The largest absolute Gasteiger partial charge is 0.480 e. The highest BCUT2D eigenvalue weighted by Crippen LogP contribution is 2.24. The highest BCUT2D eigenvalue weighted by molar-refractivity contribution is 9.13. The first-order valence-electron chi connectivity index (χ1n) is 4.86. The number of imidazole rings is 1. The van der Waals surface area contributed by atoms with Crippen LogP contribution < -0.4 is 5.73 Å². The number of carboxylic acid groups (broad SMARTS) is 1. The molecule has 1 aromatic heterocycles. The number of nitrogens with zero attached hydrogens (tertiary/aromatic N) is 2. The van der Waals surface area contributed by atoms with E-state index in [0.29, 0.717) is 13.0 Å². The molecule has 0 fully saturated rings. The number of hydrogen-bond donors (Lipinski definition) is 2. The van der Waals surface area contributed by atoms with Crippen LogP contribution in [0.15, 0.2) is 9.21 Å². The fraction of sp³-hybridized carbons (Fsp3) is 0.556. The standard InChI is InChI=1S/C9H13Br2N3O2/c1-2-6-13-7(10)8(11)14(6)4-3-5(12)9(15)16/h5H,2-4,12H2,1H3,(H,15,16). The molecule has 0 aliphatic heterocycles. The second-order valence-electron chi connectivity index (χ2n) is 3.35. The van der Waals surface area contributed by atoms with Gasteiger partial charge in [-0.3, -0.25) is 4.79 Å². The first-order valence-corrected chi connectivity index (χ1v) is 6.44. The number of aryl methyl sites for hydroxylation is 1. The Morgan fingerprint density at radius 3 is 2.75 bits per heavy atom. The lowest BCUT2D eigenvalue weighted by Crippen LogP contribution is -2.31. The molecule has 5 nitrogen and oxygen atoms in total. The number of carbonyl (C=O) groups is 1. The quantitative estimate of drug-likeness (QED) is 0.844. The lowest BCUT2D eigenvalue weighted by Gasteiger charge is -2.10. The smallest absolute Gasteiger partial charge is 0.320 e. The van der Waals surface area contributed by atoms with Gasteiger partial charge < -0.3 is 15.4 Å². The Kier molecular flexibility index (Phi) is 4.94. The van der Waals surface area contributed by atoms with Gasteiger partial charge in [-0.25, -0.2) is 4.98 Å². The maximum atomic E-state index is 10.6. The molecule has 1 unspecified atom stereocenters. The Balaban J connectivity index is 2.76. The summed E-state index contributed by atoms with van der Waals surface area (Å²) in [6, 6.07) is -0.835. The van der Waals surface area contributed by atoms with Crippen LogP contribution in [0.4, 0.5) is 0 Å². The van der Waals surface area contributed by atoms with Gasteiger partial charge in [-0.05, 0) is 38.3 Å². The summed E-state index contributed by atoms with van der Waals surface area (Å²) in [6.45, 7) is 2.53. The number of nitrogens with two attached hydrogens (primary N) is 1. The van der Waals surface area contributed by atoms with Crippen LogP contribution >= 0.6 is 31.9 Å². The summed E-state index contributed by atoms with van der Waals surface area (Å²) in [6.07, 6.45) is 1.16. The SMILES string of the molecule is CCc1nc(Br)c(Br)n1CCC(N)C(=O)O. The van der Waals surface area contributed by atoms with E-state index in [-0.39, 0.29) is 0 Å². The average molecular weight is 355 g/mol. The fourth-order valence-electron chi connectivity index (χ4n) is 1.33. The lowest BCUT2D eigenvalue weighted by molar-refractivity contribution is -0.138. The van der Waals surface area contributed by atoms with Crippen molar-refractivity contribution in [2.75, 3.05) is 0 Å². The van der Waals surface area contributed by atoms with Crippen LogP contribution in [0.3, 0.4) is 0 Å². The summed E-state index contributed by atoms with van der Waals surface area (Å²) in [5.74, 6) is -0.0790. The molecule has 1 heterocycles. The molecule has 1 atom stereocenters. The van der Waals surface area contributed by atoms with E-state index in [9.17, 15) is 4.79 Å². The molecule has 3 N–H and O–H groups in total. The highest BCUT2D eigenvalue weighted by Gasteiger charge is 2.15. The van der Waals surface area contributed by atoms with Gasteiger partial charge in [0, 0.05) is 13.0 Å². The van der Waals surface area contributed by atoms with Crippen molar-refractivity contribution in [2.24, 2.45) is 5.73 Å². The maximum absolute atomic E-state index is 10.6. The predicted molar refractivity (Wildman–Crippen MR) is 67.2 cm³/mol. The zero-order valence-electron chi connectivity index (χ0n) is 8.78. The third kappa shape index (κ3) is 3.05. The zero-order chi connectivity index (χ0) is 12.3. The van der Waals surface area contributed by atoms with Crippen LogP contribution in [0.5, 0.6) is 0 Å². The first-order chi connectivity index (χ1) is 7.47. The van der Waals surface area contributed by atoms with Gasteiger partial charge >= 0.3 is 5.97 Å². The van der Waals surface area contributed by atoms with Crippen molar-refractivity contribution in [1.29, 1.82) is 0 Å². The molecule has 0 radical (unpaired) electrons. The average Bonchev–Trinajstić information content (AvgIpc) is 2.51. The van der Waals surface area contributed by atoms with E-state index in [1.165, 1.54) is 0 Å². The summed E-state index contributed by atoms with van der Waals surface area (Å²) in [5, 5.41) is 8.69. The summed E-state index contributed by atoms with van der Waals surface area (Å²) in [4.78, 5) is 14.9. The lowest BCUT2D eigenvalue weighted by atomic mass is 10.2. The number of aromatic nitrogens is 2. The summed E-state index contributed by atoms with van der Waals surface area (Å²) >= 11 is 6.71. The summed E-state index contributed by atoms with van der Waals surface area (Å²) in [7, 11) is 0. The van der Waals surface area contributed by atoms with Gasteiger partial charge in [0.1, 0.15) is 21.1 Å². The minimum atomic E-state index is -0.978. The van der Waals surface area contributed by atoms with Crippen LogP contribution in [0.1, 0.15) is 19.2 Å². The molecule has 0 aliphatic rings. The molecule has 0 saturated carbocycles. The molecule has 16 heavy (non-hydrogen) atoms. The van der Waals surface area contributed by atoms with Gasteiger partial charge in [-0.2, -0.15) is 0 Å². The Labute approximate surface area is 110 Å². The molecular weight excluding hydrogens is 342 g/mol. The number of halogens is 2. The Hall–Kier alpha value is -0.400. The minimum Gasteiger partial charge on any atom is -0.480 e.